The van der Waals surface area contributed by atoms with Gasteiger partial charge in [0, 0.05) is 29.7 Å². The number of hydrogen-bond donors (Lipinski definition) is 3. The van der Waals surface area contributed by atoms with Gasteiger partial charge in [-0.05, 0) is 43.7 Å². The van der Waals surface area contributed by atoms with Gasteiger partial charge >= 0.3 is 5.97 Å². The molecule has 1 saturated heterocycles. The van der Waals surface area contributed by atoms with Crippen LogP contribution < -0.4 is 5.32 Å². The number of benzene rings is 1. The first-order valence-electron chi connectivity index (χ1n) is 8.68. The third kappa shape index (κ3) is 4.17. The lowest BCUT2D eigenvalue weighted by molar-refractivity contribution is 0.0698. The summed E-state index contributed by atoms with van der Waals surface area (Å²) in [4.78, 5) is 13.9. The van der Waals surface area contributed by atoms with Crippen molar-refractivity contribution >= 4 is 23.4 Å². The predicted octanol–water partition coefficient (Wildman–Crippen LogP) is 2.95. The molecule has 1 unspecified atom stereocenters. The van der Waals surface area contributed by atoms with E-state index in [0.29, 0.717) is 23.7 Å². The number of nitrogens with one attached hydrogen (secondary N) is 1. The van der Waals surface area contributed by atoms with Crippen LogP contribution in [0.5, 0.6) is 0 Å². The minimum atomic E-state index is -1.11. The first-order chi connectivity index (χ1) is 12.6. The number of hydrogen-bond acceptors (Lipinski definition) is 6. The van der Waals surface area contributed by atoms with E-state index < -0.39 is 5.97 Å². The van der Waals surface area contributed by atoms with Gasteiger partial charge in [0.15, 0.2) is 17.1 Å². The number of carboxylic acids is 1. The molecule has 140 valence electrons. The fourth-order valence-corrected chi connectivity index (χ4v) is 3.41. The number of carbonyl (C=O) groups is 1. The molecule has 0 spiro atoms. The molecule has 1 aromatic carbocycles. The van der Waals surface area contributed by atoms with Crippen molar-refractivity contribution in [3.05, 3.63) is 34.9 Å². The minimum absolute atomic E-state index is 0.00433. The zero-order chi connectivity index (χ0) is 18.5. The van der Waals surface area contributed by atoms with E-state index in [9.17, 15) is 15.0 Å². The molecule has 1 aliphatic heterocycles. The summed E-state index contributed by atoms with van der Waals surface area (Å²) in [6.45, 7) is 2.30. The Labute approximate surface area is 156 Å². The summed E-state index contributed by atoms with van der Waals surface area (Å²) in [5.41, 5.74) is 0.605. The van der Waals surface area contributed by atoms with Crippen LogP contribution in [0.25, 0.3) is 11.3 Å². The van der Waals surface area contributed by atoms with Crippen molar-refractivity contribution in [2.24, 2.45) is 0 Å². The molecule has 3 rings (SSSR count). The predicted molar refractivity (Wildman–Crippen MR) is 98.7 cm³/mol. The van der Waals surface area contributed by atoms with Crippen molar-refractivity contribution in [2.45, 2.75) is 25.3 Å². The lowest BCUT2D eigenvalue weighted by atomic mass is 10.0. The van der Waals surface area contributed by atoms with Gasteiger partial charge in [-0.2, -0.15) is 0 Å². The van der Waals surface area contributed by atoms with Crippen LogP contribution in [0, 0.1) is 0 Å². The average Bonchev–Trinajstić information content (AvgIpc) is 3.07. The van der Waals surface area contributed by atoms with Crippen LogP contribution in [-0.4, -0.2) is 58.5 Å². The number of likely N-dealkylation sites (tertiary alicyclic amines) is 1. The molecule has 0 radical (unpaired) electrons. The standard InChI is InChI=1S/C18H22ClN3O4/c19-13-6-4-12(5-7-13)16-15(18(24)25)17(21-26-16)20-8-10-22-9-2-1-3-14(22)11-23/h4-7,14,23H,1-3,8-11H2,(H,20,21)(H,24,25). The zero-order valence-electron chi connectivity index (χ0n) is 14.3. The van der Waals surface area contributed by atoms with Gasteiger partial charge in [0.25, 0.3) is 0 Å². The second-order valence-corrected chi connectivity index (χ2v) is 6.78. The number of aromatic nitrogens is 1. The number of anilines is 1. The Kier molecular flexibility index (Phi) is 6.13. The average molecular weight is 380 g/mol. The van der Waals surface area contributed by atoms with E-state index in [1.165, 1.54) is 0 Å². The Hall–Kier alpha value is -2.09. The third-order valence-electron chi connectivity index (χ3n) is 4.66. The van der Waals surface area contributed by atoms with Gasteiger partial charge in [-0.1, -0.05) is 23.2 Å². The molecule has 0 aliphatic carbocycles. The number of aliphatic hydroxyl groups excluding tert-OH is 1. The van der Waals surface area contributed by atoms with Gasteiger partial charge in [-0.3, -0.25) is 4.90 Å². The summed E-state index contributed by atoms with van der Waals surface area (Å²) >= 11 is 5.88. The van der Waals surface area contributed by atoms with Crippen molar-refractivity contribution in [1.29, 1.82) is 0 Å². The minimum Gasteiger partial charge on any atom is -0.477 e. The Balaban J connectivity index is 1.70. The monoisotopic (exact) mass is 379 g/mol. The topological polar surface area (TPSA) is 98.8 Å². The zero-order valence-corrected chi connectivity index (χ0v) is 15.1. The molecular weight excluding hydrogens is 358 g/mol. The quantitative estimate of drug-likeness (QED) is 0.680. The fraction of sp³-hybridized carbons (Fsp3) is 0.444. The molecule has 26 heavy (non-hydrogen) atoms. The van der Waals surface area contributed by atoms with E-state index >= 15 is 0 Å². The number of rotatable bonds is 7. The normalized spacial score (nSPS) is 18.0. The molecule has 2 aromatic rings. The molecule has 8 heteroatoms. The molecule has 3 N–H and O–H groups in total. The molecule has 1 fully saturated rings. The van der Waals surface area contributed by atoms with Gasteiger partial charge in [0.2, 0.25) is 0 Å². The van der Waals surface area contributed by atoms with Gasteiger partial charge in [0.05, 0.1) is 6.61 Å². The van der Waals surface area contributed by atoms with Crippen molar-refractivity contribution in [1.82, 2.24) is 10.1 Å². The van der Waals surface area contributed by atoms with Crippen LogP contribution in [0.1, 0.15) is 29.6 Å². The lowest BCUT2D eigenvalue weighted by Crippen LogP contribution is -2.44. The molecule has 1 aliphatic rings. The maximum absolute atomic E-state index is 11.7. The molecule has 7 nitrogen and oxygen atoms in total. The van der Waals surface area contributed by atoms with Crippen molar-refractivity contribution in [3.63, 3.8) is 0 Å². The van der Waals surface area contributed by atoms with E-state index in [2.05, 4.69) is 15.4 Å². The lowest BCUT2D eigenvalue weighted by Gasteiger charge is -2.34. The van der Waals surface area contributed by atoms with Crippen LogP contribution >= 0.6 is 11.6 Å². The number of carboxylic acid groups (broad SMARTS) is 1. The van der Waals surface area contributed by atoms with Crippen molar-refractivity contribution in [3.8, 4) is 11.3 Å². The van der Waals surface area contributed by atoms with Crippen molar-refractivity contribution in [2.75, 3.05) is 31.6 Å². The second-order valence-electron chi connectivity index (χ2n) is 6.34. The van der Waals surface area contributed by atoms with Crippen LogP contribution in [0.3, 0.4) is 0 Å². The van der Waals surface area contributed by atoms with Crippen molar-refractivity contribution < 1.29 is 19.5 Å². The molecule has 2 heterocycles. The van der Waals surface area contributed by atoms with Gasteiger partial charge in [0.1, 0.15) is 0 Å². The summed E-state index contributed by atoms with van der Waals surface area (Å²) in [7, 11) is 0. The summed E-state index contributed by atoms with van der Waals surface area (Å²) < 4.78 is 5.28. The molecule has 0 bridgehead atoms. The Morgan fingerprint density at radius 3 is 2.81 bits per heavy atom. The first kappa shape index (κ1) is 18.7. The Bertz CT molecular complexity index is 747. The smallest absolute Gasteiger partial charge is 0.343 e. The van der Waals surface area contributed by atoms with E-state index in [1.807, 2.05) is 0 Å². The first-order valence-corrected chi connectivity index (χ1v) is 9.05. The highest BCUT2D eigenvalue weighted by molar-refractivity contribution is 6.30. The summed E-state index contributed by atoms with van der Waals surface area (Å²) in [6, 6.07) is 6.90. The molecule has 1 aromatic heterocycles. The van der Waals surface area contributed by atoms with E-state index in [4.69, 9.17) is 16.1 Å². The highest BCUT2D eigenvalue weighted by Gasteiger charge is 2.25. The number of aromatic carboxylic acids is 1. The number of halogens is 1. The number of aliphatic hydroxyl groups is 1. The Morgan fingerprint density at radius 2 is 2.12 bits per heavy atom. The van der Waals surface area contributed by atoms with Gasteiger partial charge in [-0.15, -0.1) is 0 Å². The van der Waals surface area contributed by atoms with E-state index in [0.717, 1.165) is 25.8 Å². The maximum Gasteiger partial charge on any atom is 0.343 e. The largest absolute Gasteiger partial charge is 0.477 e. The third-order valence-corrected chi connectivity index (χ3v) is 4.92. The fourth-order valence-electron chi connectivity index (χ4n) is 3.29. The maximum atomic E-state index is 11.7. The number of piperidine rings is 1. The number of nitrogens with zero attached hydrogens (tertiary/aromatic N) is 2. The second kappa shape index (κ2) is 8.53. The van der Waals surface area contributed by atoms with Crippen LogP contribution in [0.15, 0.2) is 28.8 Å². The highest BCUT2D eigenvalue weighted by Crippen LogP contribution is 2.30. The van der Waals surface area contributed by atoms with Crippen LogP contribution in [0.4, 0.5) is 5.82 Å². The summed E-state index contributed by atoms with van der Waals surface area (Å²) in [6.07, 6.45) is 3.23. The summed E-state index contributed by atoms with van der Waals surface area (Å²) in [5, 5.41) is 26.5. The van der Waals surface area contributed by atoms with Crippen LogP contribution in [-0.2, 0) is 0 Å². The molecule has 0 amide bonds. The SMILES string of the molecule is O=C(O)c1c(NCCN2CCCCC2CO)noc1-c1ccc(Cl)cc1. The summed E-state index contributed by atoms with van der Waals surface area (Å²) in [5.74, 6) is -0.701. The van der Waals surface area contributed by atoms with E-state index in [1.54, 1.807) is 24.3 Å². The molecule has 0 saturated carbocycles. The van der Waals surface area contributed by atoms with Gasteiger partial charge in [-0.25, -0.2) is 4.79 Å². The van der Waals surface area contributed by atoms with Gasteiger partial charge < -0.3 is 20.1 Å². The molecule has 1 atom stereocenters. The van der Waals surface area contributed by atoms with E-state index in [-0.39, 0.29) is 29.8 Å². The highest BCUT2D eigenvalue weighted by atomic mass is 35.5. The Morgan fingerprint density at radius 1 is 1.35 bits per heavy atom. The molecular formula is C18H22ClN3O4. The van der Waals surface area contributed by atoms with Crippen LogP contribution in [0.2, 0.25) is 5.02 Å².